The van der Waals surface area contributed by atoms with Crippen molar-refractivity contribution in [3.05, 3.63) is 17.7 Å². The highest BCUT2D eigenvalue weighted by Gasteiger charge is 2.20. The second-order valence-electron chi connectivity index (χ2n) is 5.58. The maximum Gasteiger partial charge on any atom is 0.116 e. The van der Waals surface area contributed by atoms with Crippen LogP contribution in [0.3, 0.4) is 0 Å². The van der Waals surface area contributed by atoms with Gasteiger partial charge in [-0.2, -0.15) is 11.8 Å². The van der Waals surface area contributed by atoms with Crippen LogP contribution in [-0.2, 0) is 12.3 Å². The van der Waals surface area contributed by atoms with Crippen LogP contribution in [0, 0.1) is 0 Å². The number of H-pyrrole nitrogens is 1. The summed E-state index contributed by atoms with van der Waals surface area (Å²) in [6, 6.07) is 0.772. The van der Waals surface area contributed by atoms with Crippen LogP contribution in [0.1, 0.15) is 56.5 Å². The summed E-state index contributed by atoms with van der Waals surface area (Å²) in [7, 11) is 0. The fourth-order valence-electron chi connectivity index (χ4n) is 2.54. The SMILES string of the molecule is c1nc(CSC2CCCCC2)[nH]c1CNC1CC1. The Morgan fingerprint density at radius 1 is 1.22 bits per heavy atom. The maximum absolute atomic E-state index is 4.48. The van der Waals surface area contributed by atoms with E-state index in [9.17, 15) is 0 Å². The van der Waals surface area contributed by atoms with Gasteiger partial charge in [-0.3, -0.25) is 0 Å². The van der Waals surface area contributed by atoms with Crippen molar-refractivity contribution in [2.24, 2.45) is 0 Å². The monoisotopic (exact) mass is 265 g/mol. The highest BCUT2D eigenvalue weighted by Crippen LogP contribution is 2.29. The van der Waals surface area contributed by atoms with E-state index in [1.54, 1.807) is 0 Å². The van der Waals surface area contributed by atoms with E-state index in [0.717, 1.165) is 29.4 Å². The molecule has 3 rings (SSSR count). The molecule has 0 radical (unpaired) electrons. The first kappa shape index (κ1) is 12.5. The molecule has 4 heteroatoms. The van der Waals surface area contributed by atoms with E-state index in [0.29, 0.717) is 0 Å². The summed E-state index contributed by atoms with van der Waals surface area (Å²) in [5, 5.41) is 4.39. The Bertz CT molecular complexity index is 367. The van der Waals surface area contributed by atoms with E-state index in [1.807, 2.05) is 6.20 Å². The molecule has 0 aromatic carbocycles. The molecule has 0 saturated heterocycles. The first-order valence-electron chi connectivity index (χ1n) is 7.28. The Morgan fingerprint density at radius 3 is 2.83 bits per heavy atom. The van der Waals surface area contributed by atoms with Gasteiger partial charge in [-0.25, -0.2) is 4.98 Å². The molecule has 0 amide bonds. The van der Waals surface area contributed by atoms with Crippen molar-refractivity contribution in [1.29, 1.82) is 0 Å². The number of thioether (sulfide) groups is 1. The summed E-state index contributed by atoms with van der Waals surface area (Å²) < 4.78 is 0. The molecule has 0 spiro atoms. The first-order chi connectivity index (χ1) is 8.90. The van der Waals surface area contributed by atoms with Crippen molar-refractivity contribution in [2.45, 2.75) is 68.5 Å². The van der Waals surface area contributed by atoms with E-state index in [2.05, 4.69) is 27.0 Å². The molecule has 0 bridgehead atoms. The smallest absolute Gasteiger partial charge is 0.116 e. The molecule has 100 valence electrons. The molecule has 2 N–H and O–H groups in total. The second-order valence-corrected chi connectivity index (χ2v) is 6.87. The van der Waals surface area contributed by atoms with E-state index < -0.39 is 0 Å². The van der Waals surface area contributed by atoms with Crippen LogP contribution in [0.5, 0.6) is 0 Å². The number of aromatic nitrogens is 2. The quantitative estimate of drug-likeness (QED) is 0.829. The molecular formula is C14H23N3S. The minimum Gasteiger partial charge on any atom is -0.344 e. The molecular weight excluding hydrogens is 242 g/mol. The van der Waals surface area contributed by atoms with Gasteiger partial charge < -0.3 is 10.3 Å². The molecule has 0 unspecified atom stereocenters. The largest absolute Gasteiger partial charge is 0.344 e. The van der Waals surface area contributed by atoms with Gasteiger partial charge in [0.2, 0.25) is 0 Å². The lowest BCUT2D eigenvalue weighted by molar-refractivity contribution is 0.516. The molecule has 1 heterocycles. The predicted molar refractivity (Wildman–Crippen MR) is 76.6 cm³/mol. The molecule has 18 heavy (non-hydrogen) atoms. The van der Waals surface area contributed by atoms with Crippen molar-refractivity contribution in [1.82, 2.24) is 15.3 Å². The Kier molecular flexibility index (Phi) is 4.26. The predicted octanol–water partition coefficient (Wildman–Crippen LogP) is 3.23. The van der Waals surface area contributed by atoms with Gasteiger partial charge in [-0.05, 0) is 25.7 Å². The van der Waals surface area contributed by atoms with Gasteiger partial charge in [0, 0.05) is 29.7 Å². The third-order valence-electron chi connectivity index (χ3n) is 3.85. The van der Waals surface area contributed by atoms with E-state index in [1.165, 1.54) is 50.6 Å². The Morgan fingerprint density at radius 2 is 2.06 bits per heavy atom. The molecule has 3 nitrogen and oxygen atoms in total. The zero-order valence-corrected chi connectivity index (χ0v) is 11.8. The Balaban J connectivity index is 1.41. The van der Waals surface area contributed by atoms with Crippen LogP contribution in [-0.4, -0.2) is 21.3 Å². The van der Waals surface area contributed by atoms with Crippen LogP contribution in [0.2, 0.25) is 0 Å². The van der Waals surface area contributed by atoms with Gasteiger partial charge in [-0.15, -0.1) is 0 Å². The van der Waals surface area contributed by atoms with Crippen molar-refractivity contribution < 1.29 is 0 Å². The molecule has 2 fully saturated rings. The van der Waals surface area contributed by atoms with Crippen LogP contribution in [0.4, 0.5) is 0 Å². The van der Waals surface area contributed by atoms with Gasteiger partial charge in [0.05, 0.1) is 5.75 Å². The summed E-state index contributed by atoms with van der Waals surface area (Å²) in [5.41, 5.74) is 1.24. The molecule has 1 aromatic rings. The summed E-state index contributed by atoms with van der Waals surface area (Å²) in [4.78, 5) is 7.92. The van der Waals surface area contributed by atoms with Crippen LogP contribution in [0.15, 0.2) is 6.20 Å². The van der Waals surface area contributed by atoms with Crippen LogP contribution >= 0.6 is 11.8 Å². The zero-order valence-electron chi connectivity index (χ0n) is 11.0. The molecule has 2 aliphatic carbocycles. The number of imidazole rings is 1. The zero-order chi connectivity index (χ0) is 12.2. The topological polar surface area (TPSA) is 40.7 Å². The van der Waals surface area contributed by atoms with Gasteiger partial charge in [0.25, 0.3) is 0 Å². The molecule has 0 atom stereocenters. The van der Waals surface area contributed by atoms with E-state index >= 15 is 0 Å². The number of hydrogen-bond donors (Lipinski definition) is 2. The lowest BCUT2D eigenvalue weighted by Crippen LogP contribution is -2.15. The normalized spacial score (nSPS) is 21.3. The lowest BCUT2D eigenvalue weighted by Gasteiger charge is -2.20. The second kappa shape index (κ2) is 6.11. The summed E-state index contributed by atoms with van der Waals surface area (Å²) in [5.74, 6) is 2.20. The van der Waals surface area contributed by atoms with Crippen molar-refractivity contribution in [2.75, 3.05) is 0 Å². The van der Waals surface area contributed by atoms with Crippen molar-refractivity contribution >= 4 is 11.8 Å². The number of nitrogens with one attached hydrogen (secondary N) is 2. The minimum absolute atomic E-state index is 0.772. The summed E-state index contributed by atoms with van der Waals surface area (Å²) >= 11 is 2.09. The average Bonchev–Trinajstić information content (AvgIpc) is 3.14. The van der Waals surface area contributed by atoms with Gasteiger partial charge in [-0.1, -0.05) is 19.3 Å². The number of aromatic amines is 1. The van der Waals surface area contributed by atoms with Crippen molar-refractivity contribution in [3.63, 3.8) is 0 Å². The molecule has 2 aliphatic rings. The highest BCUT2D eigenvalue weighted by molar-refractivity contribution is 7.99. The van der Waals surface area contributed by atoms with Gasteiger partial charge in [0.1, 0.15) is 5.82 Å². The minimum atomic E-state index is 0.772. The fraction of sp³-hybridized carbons (Fsp3) is 0.786. The van der Waals surface area contributed by atoms with E-state index in [-0.39, 0.29) is 0 Å². The third-order valence-corrected chi connectivity index (χ3v) is 5.23. The molecule has 0 aliphatic heterocycles. The van der Waals surface area contributed by atoms with Gasteiger partial charge >= 0.3 is 0 Å². The third kappa shape index (κ3) is 3.75. The fourth-order valence-corrected chi connectivity index (χ4v) is 3.75. The summed E-state index contributed by atoms with van der Waals surface area (Å²) in [6.45, 7) is 0.950. The number of nitrogens with zero attached hydrogens (tertiary/aromatic N) is 1. The lowest BCUT2D eigenvalue weighted by atomic mass is 10.0. The highest BCUT2D eigenvalue weighted by atomic mass is 32.2. The van der Waals surface area contributed by atoms with E-state index in [4.69, 9.17) is 0 Å². The van der Waals surface area contributed by atoms with Gasteiger partial charge in [0.15, 0.2) is 0 Å². The summed E-state index contributed by atoms with van der Waals surface area (Å²) in [6.07, 6.45) is 11.8. The number of hydrogen-bond acceptors (Lipinski definition) is 3. The maximum atomic E-state index is 4.48. The Hall–Kier alpha value is -0.480. The number of rotatable bonds is 6. The van der Waals surface area contributed by atoms with Crippen LogP contribution in [0.25, 0.3) is 0 Å². The molecule has 2 saturated carbocycles. The Labute approximate surface area is 114 Å². The molecule has 1 aromatic heterocycles. The van der Waals surface area contributed by atoms with Crippen LogP contribution < -0.4 is 5.32 Å². The standard InChI is InChI=1S/C14H23N3S/c1-2-4-13(5-3-1)18-10-14-16-9-12(17-14)8-15-11-6-7-11/h9,11,13,15H,1-8,10H2,(H,16,17). The first-order valence-corrected chi connectivity index (χ1v) is 8.33. The van der Waals surface area contributed by atoms with Crippen molar-refractivity contribution in [3.8, 4) is 0 Å². The average molecular weight is 265 g/mol.